The van der Waals surface area contributed by atoms with Crippen LogP contribution in [0.4, 0.5) is 0 Å². The number of piperazine rings is 1. The van der Waals surface area contributed by atoms with Gasteiger partial charge in [-0.05, 0) is 104 Å². The molecule has 13 heteroatoms. The number of nitrogens with zero attached hydrogens (tertiary/aromatic N) is 8. The zero-order chi connectivity index (χ0) is 37.4. The number of hydrogen-bond acceptors (Lipinski definition) is 8. The minimum atomic E-state index is -0.533. The highest BCUT2D eigenvalue weighted by molar-refractivity contribution is 6.42. The molecule has 1 aromatic heterocycles. The van der Waals surface area contributed by atoms with Gasteiger partial charge in [0.15, 0.2) is 0 Å². The van der Waals surface area contributed by atoms with E-state index >= 15 is 0 Å². The number of methoxy groups -OCH3 is 1. The minimum absolute atomic E-state index is 0.0288. The van der Waals surface area contributed by atoms with Gasteiger partial charge in [0.25, 0.3) is 5.91 Å². The lowest BCUT2D eigenvalue weighted by Crippen LogP contribution is -2.57. The normalized spacial score (nSPS) is 17.0. The molecule has 2 aliphatic rings. The first-order chi connectivity index (χ1) is 25.7. The van der Waals surface area contributed by atoms with Crippen molar-refractivity contribution in [2.24, 2.45) is 0 Å². The molecule has 1 unspecified atom stereocenters. The smallest absolute Gasteiger partial charge is 0.257 e. The number of aromatic nitrogens is 4. The summed E-state index contributed by atoms with van der Waals surface area (Å²) in [6, 6.07) is 21.4. The molecule has 0 bridgehead atoms. The number of carbonyl (C=O) groups excluding carboxylic acids is 2. The SMILES string of the molecule is CCCCN1CCN(C(=O)C2(c3ccccc3)CCN(CCC(CN(C)C(=O)c3cc(-n4cnnn4)ccc3OC)c3ccc(Cl)c(Cl)c3)CC2)CC1. The van der Waals surface area contributed by atoms with Crippen molar-refractivity contribution in [3.63, 3.8) is 0 Å². The summed E-state index contributed by atoms with van der Waals surface area (Å²) in [6.45, 7) is 9.64. The molecular formula is C40H50Cl2N8O3. The first-order valence-electron chi connectivity index (χ1n) is 18.6. The molecule has 282 valence electrons. The van der Waals surface area contributed by atoms with Crippen LogP contribution in [-0.4, -0.2) is 125 Å². The van der Waals surface area contributed by atoms with E-state index in [9.17, 15) is 9.59 Å². The second kappa shape index (κ2) is 17.9. The lowest BCUT2D eigenvalue weighted by Gasteiger charge is -2.45. The van der Waals surface area contributed by atoms with Gasteiger partial charge in [-0.15, -0.1) is 5.10 Å². The Balaban J connectivity index is 1.15. The highest BCUT2D eigenvalue weighted by atomic mass is 35.5. The van der Waals surface area contributed by atoms with E-state index in [0.717, 1.165) is 82.7 Å². The van der Waals surface area contributed by atoms with Crippen LogP contribution in [0.1, 0.15) is 66.4 Å². The van der Waals surface area contributed by atoms with Gasteiger partial charge in [0, 0.05) is 45.7 Å². The monoisotopic (exact) mass is 760 g/mol. The lowest BCUT2D eigenvalue weighted by molar-refractivity contribution is -0.141. The van der Waals surface area contributed by atoms with Crippen LogP contribution in [0.3, 0.4) is 0 Å². The highest BCUT2D eigenvalue weighted by Crippen LogP contribution is 2.39. The molecule has 2 fully saturated rings. The van der Waals surface area contributed by atoms with E-state index in [1.807, 2.05) is 24.3 Å². The van der Waals surface area contributed by atoms with E-state index in [0.29, 0.717) is 33.6 Å². The van der Waals surface area contributed by atoms with Crippen molar-refractivity contribution in [2.75, 3.05) is 73.1 Å². The van der Waals surface area contributed by atoms with E-state index < -0.39 is 5.41 Å². The molecule has 1 atom stereocenters. The molecule has 0 radical (unpaired) electrons. The zero-order valence-corrected chi connectivity index (χ0v) is 32.5. The van der Waals surface area contributed by atoms with Gasteiger partial charge in [0.05, 0.1) is 33.8 Å². The predicted molar refractivity (Wildman–Crippen MR) is 208 cm³/mol. The number of amides is 2. The van der Waals surface area contributed by atoms with Crippen molar-refractivity contribution < 1.29 is 14.3 Å². The number of piperidine rings is 1. The zero-order valence-electron chi connectivity index (χ0n) is 31.0. The Morgan fingerprint density at radius 1 is 0.906 bits per heavy atom. The standard InChI is InChI=1S/C40H50Cl2N8O3/c1-4-5-18-47-22-24-49(25-23-47)39(52)40(32-9-7-6-8-10-32)16-20-48(21-17-40)19-15-31(30-11-13-35(41)36(42)26-30)28-46(2)38(51)34-27-33(12-14-37(34)53-3)50-29-43-44-45-50/h6-14,26-27,29,31H,4-5,15-25,28H2,1-3H3. The van der Waals surface area contributed by atoms with Crippen molar-refractivity contribution in [3.05, 3.63) is 99.8 Å². The Labute approximate surface area is 322 Å². The number of likely N-dealkylation sites (tertiary alicyclic amines) is 1. The summed E-state index contributed by atoms with van der Waals surface area (Å²) in [5.74, 6) is 0.524. The van der Waals surface area contributed by atoms with Crippen LogP contribution in [0.25, 0.3) is 5.69 Å². The van der Waals surface area contributed by atoms with E-state index in [1.165, 1.54) is 23.9 Å². The van der Waals surface area contributed by atoms with Gasteiger partial charge >= 0.3 is 0 Å². The maximum absolute atomic E-state index is 14.5. The van der Waals surface area contributed by atoms with Crippen LogP contribution in [0, 0.1) is 0 Å². The van der Waals surface area contributed by atoms with E-state index in [-0.39, 0.29) is 17.7 Å². The fourth-order valence-electron chi connectivity index (χ4n) is 7.77. The number of carbonyl (C=O) groups is 2. The lowest BCUT2D eigenvalue weighted by atomic mass is 9.71. The van der Waals surface area contributed by atoms with Crippen LogP contribution < -0.4 is 4.74 Å². The van der Waals surface area contributed by atoms with E-state index in [4.69, 9.17) is 27.9 Å². The molecule has 2 saturated heterocycles. The average molecular weight is 762 g/mol. The van der Waals surface area contributed by atoms with Crippen molar-refractivity contribution in [3.8, 4) is 11.4 Å². The summed E-state index contributed by atoms with van der Waals surface area (Å²) in [5.41, 5.74) is 2.66. The molecule has 2 amide bonds. The number of ether oxygens (including phenoxy) is 1. The summed E-state index contributed by atoms with van der Waals surface area (Å²) in [6.07, 6.45) is 6.17. The Morgan fingerprint density at radius 3 is 2.30 bits per heavy atom. The van der Waals surface area contributed by atoms with Crippen molar-refractivity contribution in [2.45, 2.75) is 50.4 Å². The molecule has 0 aliphatic carbocycles. The van der Waals surface area contributed by atoms with E-state index in [1.54, 1.807) is 37.3 Å². The minimum Gasteiger partial charge on any atom is -0.496 e. The van der Waals surface area contributed by atoms with Crippen LogP contribution >= 0.6 is 23.2 Å². The third-order valence-electron chi connectivity index (χ3n) is 11.0. The van der Waals surface area contributed by atoms with Crippen LogP contribution in [0.5, 0.6) is 5.75 Å². The topological polar surface area (TPSA) is 99.9 Å². The number of unbranched alkanes of at least 4 members (excludes halogenated alkanes) is 1. The van der Waals surface area contributed by atoms with Crippen molar-refractivity contribution in [1.29, 1.82) is 0 Å². The Morgan fingerprint density at radius 2 is 1.64 bits per heavy atom. The Bertz CT molecular complexity index is 1810. The Kier molecular flexibility index (Phi) is 13.0. The third-order valence-corrected chi connectivity index (χ3v) is 11.7. The number of rotatable bonds is 14. The van der Waals surface area contributed by atoms with Gasteiger partial charge in [-0.1, -0.05) is 72.9 Å². The highest BCUT2D eigenvalue weighted by Gasteiger charge is 2.45. The molecule has 3 aromatic carbocycles. The number of benzene rings is 3. The summed E-state index contributed by atoms with van der Waals surface area (Å²) in [5, 5.41) is 12.4. The van der Waals surface area contributed by atoms with Gasteiger partial charge in [0.1, 0.15) is 12.1 Å². The average Bonchev–Trinajstić information content (AvgIpc) is 3.75. The van der Waals surface area contributed by atoms with Crippen molar-refractivity contribution >= 4 is 35.0 Å². The number of hydrogen-bond donors (Lipinski definition) is 0. The second-order valence-electron chi connectivity index (χ2n) is 14.3. The molecule has 0 spiro atoms. The number of likely N-dealkylation sites (N-methyl/N-ethyl adjacent to an activating group) is 1. The first-order valence-corrected chi connectivity index (χ1v) is 19.4. The molecule has 0 saturated carbocycles. The van der Waals surface area contributed by atoms with Gasteiger partial charge in [0.2, 0.25) is 5.91 Å². The van der Waals surface area contributed by atoms with Gasteiger partial charge in [-0.3, -0.25) is 14.5 Å². The molecular weight excluding hydrogens is 711 g/mol. The second-order valence-corrected chi connectivity index (χ2v) is 15.1. The third kappa shape index (κ3) is 9.03. The van der Waals surface area contributed by atoms with Gasteiger partial charge < -0.3 is 19.4 Å². The maximum Gasteiger partial charge on any atom is 0.257 e. The van der Waals surface area contributed by atoms with Gasteiger partial charge in [-0.2, -0.15) is 0 Å². The fraction of sp³-hybridized carbons (Fsp3) is 0.475. The summed E-state index contributed by atoms with van der Waals surface area (Å²) < 4.78 is 7.08. The first kappa shape index (κ1) is 38.7. The largest absolute Gasteiger partial charge is 0.496 e. The van der Waals surface area contributed by atoms with Crippen LogP contribution in [0.2, 0.25) is 10.0 Å². The quantitative estimate of drug-likeness (QED) is 0.150. The van der Waals surface area contributed by atoms with Gasteiger partial charge in [-0.25, -0.2) is 4.68 Å². The maximum atomic E-state index is 14.5. The summed E-state index contributed by atoms with van der Waals surface area (Å²) >= 11 is 12.9. The fourth-order valence-corrected chi connectivity index (χ4v) is 8.08. The van der Waals surface area contributed by atoms with E-state index in [2.05, 4.69) is 61.4 Å². The van der Waals surface area contributed by atoms with Crippen LogP contribution in [0.15, 0.2) is 73.1 Å². The van der Waals surface area contributed by atoms with Crippen LogP contribution in [-0.2, 0) is 10.2 Å². The molecule has 53 heavy (non-hydrogen) atoms. The molecule has 3 heterocycles. The summed E-state index contributed by atoms with van der Waals surface area (Å²) in [4.78, 5) is 37.2. The molecule has 11 nitrogen and oxygen atoms in total. The molecule has 4 aromatic rings. The Hall–Kier alpha value is -4.03. The molecule has 0 N–H and O–H groups in total. The predicted octanol–water partition coefficient (Wildman–Crippen LogP) is 6.20. The summed E-state index contributed by atoms with van der Waals surface area (Å²) in [7, 11) is 3.36. The number of tetrazole rings is 1. The van der Waals surface area contributed by atoms with Crippen molar-refractivity contribution in [1.82, 2.24) is 39.8 Å². The molecule has 6 rings (SSSR count). The number of halogens is 2. The molecule has 2 aliphatic heterocycles.